The Morgan fingerprint density at radius 3 is 2.11 bits per heavy atom. The molecule has 0 N–H and O–H groups in total. The molecule has 1 aromatic rings. The first-order valence-electron chi connectivity index (χ1n) is 2.40. The van der Waals surface area contributed by atoms with Crippen molar-refractivity contribution in [2.45, 2.75) is 0 Å². The Labute approximate surface area is 80.2 Å². The normalized spacial score (nSPS) is 8.22. The van der Waals surface area contributed by atoms with Crippen LogP contribution in [0.5, 0.6) is 0 Å². The van der Waals surface area contributed by atoms with E-state index < -0.39 is 0 Å². The van der Waals surface area contributed by atoms with Gasteiger partial charge in [0.1, 0.15) is 7.05 Å². The van der Waals surface area contributed by atoms with E-state index in [9.17, 15) is 0 Å². The highest BCUT2D eigenvalue weighted by Crippen LogP contribution is 2.02. The van der Waals surface area contributed by atoms with Crippen molar-refractivity contribution >= 4 is 15.9 Å². The molecule has 0 aliphatic rings. The predicted octanol–water partition coefficient (Wildman–Crippen LogP) is -1.72. The van der Waals surface area contributed by atoms with Crippen molar-refractivity contribution in [1.29, 1.82) is 0 Å². The van der Waals surface area contributed by atoms with Crippen LogP contribution in [0.15, 0.2) is 29.0 Å². The number of hydrogen-bond donors (Lipinski definition) is 0. The molecule has 0 radical (unpaired) electrons. The Bertz CT molecular complexity index is 152. The highest BCUT2D eigenvalue weighted by atomic mass is 127. The minimum atomic E-state index is 0. The average molecular weight is 300 g/mol. The summed E-state index contributed by atoms with van der Waals surface area (Å²) < 4.78 is 3.11. The third-order valence-electron chi connectivity index (χ3n) is 0.938. The second kappa shape index (κ2) is 4.22. The molecule has 1 heterocycles. The maximum atomic E-state index is 3.33. The van der Waals surface area contributed by atoms with E-state index in [-0.39, 0.29) is 24.0 Å². The maximum Gasteiger partial charge on any atom is 0.169 e. The van der Waals surface area contributed by atoms with Gasteiger partial charge in [-0.05, 0) is 0 Å². The van der Waals surface area contributed by atoms with E-state index in [1.807, 2.05) is 36.1 Å². The molecule has 0 aliphatic carbocycles. The smallest absolute Gasteiger partial charge is 0.169 e. The topological polar surface area (TPSA) is 3.88 Å². The zero-order valence-corrected chi connectivity index (χ0v) is 8.76. The van der Waals surface area contributed by atoms with Crippen LogP contribution >= 0.6 is 15.9 Å². The van der Waals surface area contributed by atoms with E-state index >= 15 is 0 Å². The predicted molar refractivity (Wildman–Crippen MR) is 35.3 cm³/mol. The molecule has 0 bridgehead atoms. The quantitative estimate of drug-likeness (QED) is 0.396. The van der Waals surface area contributed by atoms with Crippen LogP contribution in [0.25, 0.3) is 0 Å². The molecule has 0 aliphatic heterocycles. The molecule has 0 aromatic carbocycles. The van der Waals surface area contributed by atoms with Gasteiger partial charge in [0.2, 0.25) is 0 Å². The van der Waals surface area contributed by atoms with Gasteiger partial charge in [0.05, 0.1) is 0 Å². The van der Waals surface area contributed by atoms with Crippen LogP contribution in [-0.2, 0) is 7.05 Å². The molecule has 0 unspecified atom stereocenters. The van der Waals surface area contributed by atoms with Crippen LogP contribution in [0.1, 0.15) is 0 Å². The molecule has 1 nitrogen and oxygen atoms in total. The standard InChI is InChI=1S/C6H7BrN.HI/c1-8-4-2-6(7)3-5-8;/h2-5H,1H3;1H/q+1;/p-1. The van der Waals surface area contributed by atoms with Gasteiger partial charge in [0, 0.05) is 16.6 Å². The van der Waals surface area contributed by atoms with Crippen molar-refractivity contribution in [3.63, 3.8) is 0 Å². The van der Waals surface area contributed by atoms with Gasteiger partial charge in [-0.2, -0.15) is 0 Å². The Kier molecular flexibility index (Phi) is 4.39. The fraction of sp³-hybridized carbons (Fsp3) is 0.167. The van der Waals surface area contributed by atoms with Crippen molar-refractivity contribution in [2.75, 3.05) is 0 Å². The Morgan fingerprint density at radius 2 is 1.78 bits per heavy atom. The summed E-state index contributed by atoms with van der Waals surface area (Å²) in [6.07, 6.45) is 3.98. The third-order valence-corrected chi connectivity index (χ3v) is 1.47. The molecular formula is C6H7BrIN. The van der Waals surface area contributed by atoms with Crippen molar-refractivity contribution < 1.29 is 28.5 Å². The van der Waals surface area contributed by atoms with E-state index in [4.69, 9.17) is 0 Å². The number of halogens is 2. The summed E-state index contributed by atoms with van der Waals surface area (Å²) in [7, 11) is 1.99. The summed E-state index contributed by atoms with van der Waals surface area (Å²) >= 11 is 3.33. The molecule has 0 fully saturated rings. The first kappa shape index (κ1) is 9.36. The van der Waals surface area contributed by atoms with Gasteiger partial charge in [0.15, 0.2) is 12.4 Å². The zero-order valence-electron chi connectivity index (χ0n) is 5.01. The number of aryl methyl sites for hydroxylation is 1. The molecule has 50 valence electrons. The van der Waals surface area contributed by atoms with Crippen LogP contribution in [0, 0.1) is 0 Å². The minimum Gasteiger partial charge on any atom is -1.00 e. The number of aromatic nitrogens is 1. The first-order valence-corrected chi connectivity index (χ1v) is 3.19. The molecule has 0 saturated carbocycles. The van der Waals surface area contributed by atoms with Crippen molar-refractivity contribution in [1.82, 2.24) is 0 Å². The highest BCUT2D eigenvalue weighted by Gasteiger charge is 1.87. The number of rotatable bonds is 0. The second-order valence-corrected chi connectivity index (χ2v) is 2.60. The van der Waals surface area contributed by atoms with Gasteiger partial charge in [-0.25, -0.2) is 4.57 Å². The molecule has 0 saturated heterocycles. The number of pyridine rings is 1. The van der Waals surface area contributed by atoms with Gasteiger partial charge in [-0.3, -0.25) is 0 Å². The van der Waals surface area contributed by atoms with Crippen molar-refractivity contribution in [3.8, 4) is 0 Å². The maximum absolute atomic E-state index is 3.33. The van der Waals surface area contributed by atoms with Crippen LogP contribution in [-0.4, -0.2) is 0 Å². The zero-order chi connectivity index (χ0) is 5.98. The molecule has 1 rings (SSSR count). The lowest BCUT2D eigenvalue weighted by atomic mass is 10.5. The van der Waals surface area contributed by atoms with Gasteiger partial charge < -0.3 is 24.0 Å². The molecular weight excluding hydrogens is 293 g/mol. The molecule has 1 aromatic heterocycles. The summed E-state index contributed by atoms with van der Waals surface area (Å²) in [4.78, 5) is 0. The molecule has 0 spiro atoms. The Balaban J connectivity index is 0.000000640. The molecule has 0 atom stereocenters. The van der Waals surface area contributed by atoms with E-state index in [0.29, 0.717) is 0 Å². The van der Waals surface area contributed by atoms with E-state index in [1.165, 1.54) is 0 Å². The largest absolute Gasteiger partial charge is 1.00 e. The second-order valence-electron chi connectivity index (χ2n) is 1.68. The van der Waals surface area contributed by atoms with Crippen molar-refractivity contribution in [3.05, 3.63) is 29.0 Å². The lowest BCUT2D eigenvalue weighted by molar-refractivity contribution is -0.671. The minimum absolute atomic E-state index is 0. The molecule has 3 heteroatoms. The van der Waals surface area contributed by atoms with Crippen molar-refractivity contribution in [2.24, 2.45) is 7.05 Å². The summed E-state index contributed by atoms with van der Waals surface area (Å²) in [5, 5.41) is 0. The van der Waals surface area contributed by atoms with Crippen LogP contribution < -0.4 is 28.5 Å². The lowest BCUT2D eigenvalue weighted by Crippen LogP contribution is -3.00. The van der Waals surface area contributed by atoms with E-state index in [1.54, 1.807) is 0 Å². The SMILES string of the molecule is C[n+]1ccc(Br)cc1.[I-]. The summed E-state index contributed by atoms with van der Waals surface area (Å²) in [6, 6.07) is 4.00. The van der Waals surface area contributed by atoms with E-state index in [0.717, 1.165) is 4.47 Å². The third kappa shape index (κ3) is 3.15. The Hall–Kier alpha value is 0.360. The fourth-order valence-corrected chi connectivity index (χ4v) is 0.719. The number of nitrogens with zero attached hydrogens (tertiary/aromatic N) is 1. The Morgan fingerprint density at radius 1 is 1.33 bits per heavy atom. The van der Waals surface area contributed by atoms with Gasteiger partial charge in [0.25, 0.3) is 0 Å². The first-order chi connectivity index (χ1) is 3.79. The molecule has 0 amide bonds. The highest BCUT2D eigenvalue weighted by molar-refractivity contribution is 9.10. The van der Waals surface area contributed by atoms with E-state index in [2.05, 4.69) is 15.9 Å². The van der Waals surface area contributed by atoms with Crippen LogP contribution in [0.3, 0.4) is 0 Å². The van der Waals surface area contributed by atoms with Gasteiger partial charge in [-0.1, -0.05) is 15.9 Å². The summed E-state index contributed by atoms with van der Waals surface area (Å²) in [5.41, 5.74) is 0. The lowest BCUT2D eigenvalue weighted by Gasteiger charge is -1.83. The van der Waals surface area contributed by atoms with Gasteiger partial charge in [-0.15, -0.1) is 0 Å². The van der Waals surface area contributed by atoms with Crippen LogP contribution in [0.2, 0.25) is 0 Å². The molecule has 9 heavy (non-hydrogen) atoms. The summed E-state index contributed by atoms with van der Waals surface area (Å²) in [5.74, 6) is 0. The fourth-order valence-electron chi connectivity index (χ4n) is 0.483. The monoisotopic (exact) mass is 299 g/mol. The van der Waals surface area contributed by atoms with Gasteiger partial charge >= 0.3 is 0 Å². The number of hydrogen-bond acceptors (Lipinski definition) is 0. The average Bonchev–Trinajstić information content (AvgIpc) is 1.77. The van der Waals surface area contributed by atoms with Crippen LogP contribution in [0.4, 0.5) is 0 Å². The summed E-state index contributed by atoms with van der Waals surface area (Å²) in [6.45, 7) is 0.